The second-order valence-corrected chi connectivity index (χ2v) is 6.21. The number of rotatable bonds is 5. The Kier molecular flexibility index (Phi) is 13.7. The maximum Gasteiger partial charge on any atom is 0.0991 e. The summed E-state index contributed by atoms with van der Waals surface area (Å²) in [7, 11) is 2.18. The monoisotopic (exact) mass is 394 g/mol. The van der Waals surface area contributed by atoms with Gasteiger partial charge in [-0.1, -0.05) is 12.1 Å². The third-order valence-corrected chi connectivity index (χ3v) is 4.34. The molecule has 0 unspecified atom stereocenters. The minimum absolute atomic E-state index is 0. The minimum Gasteiger partial charge on any atom is -0.327 e. The van der Waals surface area contributed by atoms with Crippen LogP contribution in [0.4, 0.5) is 0 Å². The van der Waals surface area contributed by atoms with Crippen LogP contribution in [0.2, 0.25) is 0 Å². The van der Waals surface area contributed by atoms with E-state index in [-0.39, 0.29) is 43.3 Å². The van der Waals surface area contributed by atoms with Crippen molar-refractivity contribution in [3.8, 4) is 6.07 Å². The number of likely N-dealkylation sites (N-methyl/N-ethyl adjacent to an activating group) is 1. The Morgan fingerprint density at radius 3 is 2.38 bits per heavy atom. The second kappa shape index (κ2) is 12.8. The van der Waals surface area contributed by atoms with Crippen LogP contribution in [0.25, 0.3) is 0 Å². The second-order valence-electron chi connectivity index (χ2n) is 6.21. The maximum atomic E-state index is 8.80. The van der Waals surface area contributed by atoms with Crippen molar-refractivity contribution in [2.45, 2.75) is 31.8 Å². The number of nitriles is 1. The lowest BCUT2D eigenvalue weighted by atomic mass is 10.0. The molecule has 0 radical (unpaired) electrons. The van der Waals surface area contributed by atoms with E-state index in [9.17, 15) is 0 Å². The van der Waals surface area contributed by atoms with E-state index in [1.54, 1.807) is 0 Å². The highest BCUT2D eigenvalue weighted by Crippen LogP contribution is 2.11. The van der Waals surface area contributed by atoms with Gasteiger partial charge in [-0.15, -0.1) is 37.2 Å². The van der Waals surface area contributed by atoms with Gasteiger partial charge in [0.25, 0.3) is 0 Å². The fraction of sp³-hybridized carbons (Fsp3) is 0.588. The van der Waals surface area contributed by atoms with Gasteiger partial charge in [0.1, 0.15) is 0 Å². The molecule has 2 N–H and O–H groups in total. The predicted octanol–water partition coefficient (Wildman–Crippen LogP) is 2.72. The van der Waals surface area contributed by atoms with Gasteiger partial charge in [0.2, 0.25) is 0 Å². The van der Waals surface area contributed by atoms with E-state index < -0.39 is 0 Å². The number of hydrogen-bond acceptors (Lipinski definition) is 4. The molecule has 2 rings (SSSR count). The Morgan fingerprint density at radius 2 is 1.83 bits per heavy atom. The summed E-state index contributed by atoms with van der Waals surface area (Å²) < 4.78 is 0. The molecular formula is C17H29Cl3N4. The van der Waals surface area contributed by atoms with E-state index >= 15 is 0 Å². The van der Waals surface area contributed by atoms with Gasteiger partial charge >= 0.3 is 0 Å². The van der Waals surface area contributed by atoms with Crippen molar-refractivity contribution < 1.29 is 0 Å². The third kappa shape index (κ3) is 8.02. The standard InChI is InChI=1S/C17H26N4.3ClH/c1-14-13-20(2)9-10-21(14)8-7-17(19)11-15-3-5-16(12-18)6-4-15;;;/h3-6,14,17H,7-11,13,19H2,1-2H3;3*1H/t14-,17-;;;/m0.../s1. The van der Waals surface area contributed by atoms with E-state index in [1.165, 1.54) is 5.56 Å². The van der Waals surface area contributed by atoms with E-state index in [2.05, 4.69) is 29.8 Å². The number of nitrogens with two attached hydrogens (primary N) is 1. The smallest absolute Gasteiger partial charge is 0.0991 e. The first kappa shape index (κ1) is 25.7. The minimum atomic E-state index is 0. The van der Waals surface area contributed by atoms with E-state index in [1.807, 2.05) is 24.3 Å². The zero-order valence-corrected chi connectivity index (χ0v) is 16.8. The van der Waals surface area contributed by atoms with Crippen molar-refractivity contribution in [2.75, 3.05) is 33.2 Å². The first-order chi connectivity index (χ1) is 10.1. The first-order valence-electron chi connectivity index (χ1n) is 7.75. The van der Waals surface area contributed by atoms with Crippen molar-refractivity contribution in [3.63, 3.8) is 0 Å². The molecule has 0 aliphatic carbocycles. The predicted molar refractivity (Wildman–Crippen MR) is 108 cm³/mol. The molecule has 1 aromatic rings. The first-order valence-corrected chi connectivity index (χ1v) is 7.75. The van der Waals surface area contributed by atoms with Gasteiger partial charge in [0.15, 0.2) is 0 Å². The molecule has 1 saturated heterocycles. The molecule has 24 heavy (non-hydrogen) atoms. The topological polar surface area (TPSA) is 56.3 Å². The largest absolute Gasteiger partial charge is 0.327 e. The summed E-state index contributed by atoms with van der Waals surface area (Å²) in [5, 5.41) is 8.80. The highest BCUT2D eigenvalue weighted by molar-refractivity contribution is 5.86. The summed E-state index contributed by atoms with van der Waals surface area (Å²) in [6, 6.07) is 10.7. The molecule has 1 aliphatic heterocycles. The number of piperazine rings is 1. The van der Waals surface area contributed by atoms with Crippen molar-refractivity contribution in [1.29, 1.82) is 5.26 Å². The molecule has 0 spiro atoms. The average Bonchev–Trinajstić information content (AvgIpc) is 2.47. The quantitative estimate of drug-likeness (QED) is 0.833. The third-order valence-electron chi connectivity index (χ3n) is 4.34. The highest BCUT2D eigenvalue weighted by atomic mass is 35.5. The molecule has 0 amide bonds. The number of benzene rings is 1. The lowest BCUT2D eigenvalue weighted by molar-refractivity contribution is 0.0973. The van der Waals surface area contributed by atoms with Crippen LogP contribution in [-0.2, 0) is 6.42 Å². The zero-order chi connectivity index (χ0) is 15.2. The molecule has 4 nitrogen and oxygen atoms in total. The molecule has 0 aromatic heterocycles. The van der Waals surface area contributed by atoms with Crippen molar-refractivity contribution in [2.24, 2.45) is 5.73 Å². The Labute approximate surface area is 164 Å². The number of halogens is 3. The van der Waals surface area contributed by atoms with Crippen LogP contribution >= 0.6 is 37.2 Å². The maximum absolute atomic E-state index is 8.80. The van der Waals surface area contributed by atoms with E-state index in [0.29, 0.717) is 11.6 Å². The van der Waals surface area contributed by atoms with Crippen LogP contribution in [0.15, 0.2) is 24.3 Å². The Hall–Kier alpha value is -0.540. The fourth-order valence-corrected chi connectivity index (χ4v) is 2.96. The van der Waals surface area contributed by atoms with Crippen molar-refractivity contribution in [1.82, 2.24) is 9.80 Å². The Balaban J connectivity index is 0. The van der Waals surface area contributed by atoms with Gasteiger partial charge in [-0.2, -0.15) is 5.26 Å². The lowest BCUT2D eigenvalue weighted by Crippen LogP contribution is -2.51. The summed E-state index contributed by atoms with van der Waals surface area (Å²) >= 11 is 0. The summed E-state index contributed by atoms with van der Waals surface area (Å²) in [5.41, 5.74) is 8.19. The van der Waals surface area contributed by atoms with Gasteiger partial charge in [-0.05, 0) is 44.5 Å². The molecule has 138 valence electrons. The van der Waals surface area contributed by atoms with Crippen LogP contribution < -0.4 is 5.73 Å². The zero-order valence-electron chi connectivity index (χ0n) is 14.4. The molecule has 1 aromatic carbocycles. The van der Waals surface area contributed by atoms with Gasteiger partial charge in [-0.3, -0.25) is 4.90 Å². The van der Waals surface area contributed by atoms with Crippen LogP contribution in [-0.4, -0.2) is 55.1 Å². The Bertz CT molecular complexity index is 490. The molecular weight excluding hydrogens is 367 g/mol. The van der Waals surface area contributed by atoms with Crippen LogP contribution in [0.1, 0.15) is 24.5 Å². The summed E-state index contributed by atoms with van der Waals surface area (Å²) in [6.45, 7) is 6.80. The van der Waals surface area contributed by atoms with Crippen LogP contribution in [0.3, 0.4) is 0 Å². The molecule has 0 bridgehead atoms. The molecule has 7 heteroatoms. The molecule has 2 atom stereocenters. The summed E-state index contributed by atoms with van der Waals surface area (Å²) in [4.78, 5) is 4.93. The van der Waals surface area contributed by atoms with E-state index in [0.717, 1.165) is 39.0 Å². The van der Waals surface area contributed by atoms with E-state index in [4.69, 9.17) is 11.0 Å². The Morgan fingerprint density at radius 1 is 1.21 bits per heavy atom. The van der Waals surface area contributed by atoms with Gasteiger partial charge < -0.3 is 10.6 Å². The number of nitrogens with zero attached hydrogens (tertiary/aromatic N) is 3. The van der Waals surface area contributed by atoms with Crippen molar-refractivity contribution in [3.05, 3.63) is 35.4 Å². The van der Waals surface area contributed by atoms with Crippen LogP contribution in [0, 0.1) is 11.3 Å². The molecule has 1 fully saturated rings. The van der Waals surface area contributed by atoms with Gasteiger partial charge in [0.05, 0.1) is 11.6 Å². The van der Waals surface area contributed by atoms with Crippen LogP contribution in [0.5, 0.6) is 0 Å². The van der Waals surface area contributed by atoms with Gasteiger partial charge in [0, 0.05) is 38.3 Å². The molecule has 0 saturated carbocycles. The lowest BCUT2D eigenvalue weighted by Gasteiger charge is -2.38. The average molecular weight is 396 g/mol. The summed E-state index contributed by atoms with van der Waals surface area (Å²) in [5.74, 6) is 0. The number of hydrogen-bond donors (Lipinski definition) is 1. The SMILES string of the molecule is C[C@H]1CN(C)CCN1CC[C@H](N)Cc1ccc(C#N)cc1.Cl.Cl.Cl. The fourth-order valence-electron chi connectivity index (χ4n) is 2.96. The highest BCUT2D eigenvalue weighted by Gasteiger charge is 2.21. The normalized spacial score (nSPS) is 19.2. The molecule has 1 aliphatic rings. The molecule has 1 heterocycles. The summed E-state index contributed by atoms with van der Waals surface area (Å²) in [6.07, 6.45) is 1.90. The van der Waals surface area contributed by atoms with Crippen molar-refractivity contribution >= 4 is 37.2 Å². The van der Waals surface area contributed by atoms with Gasteiger partial charge in [-0.25, -0.2) is 0 Å².